The van der Waals surface area contributed by atoms with Crippen LogP contribution in [0.2, 0.25) is 0 Å². The van der Waals surface area contributed by atoms with Crippen molar-refractivity contribution < 1.29 is 47.8 Å². The molecule has 0 fully saturated rings. The summed E-state index contributed by atoms with van der Waals surface area (Å²) >= 11 is 0. The van der Waals surface area contributed by atoms with Gasteiger partial charge in [0.25, 0.3) is 0 Å². The van der Waals surface area contributed by atoms with Crippen molar-refractivity contribution in [1.82, 2.24) is 0 Å². The molecule has 0 aromatic heterocycles. The third-order valence-electron chi connectivity index (χ3n) is 7.25. The molecule has 12 nitrogen and oxygen atoms in total. The molecule has 0 amide bonds. The number of carbonyl (C=O) groups is 3. The lowest BCUT2D eigenvalue weighted by molar-refractivity contribution is -0.217. The number of hydrogen-bond donors (Lipinski definition) is 0. The quantitative estimate of drug-likeness (QED) is 0.0160. The van der Waals surface area contributed by atoms with E-state index in [1.807, 2.05) is 0 Å². The fourth-order valence-corrected chi connectivity index (χ4v) is 4.46. The van der Waals surface area contributed by atoms with E-state index in [9.17, 15) is 14.4 Å². The fraction of sp³-hybridized carbons (Fsp3) is 0.195. The zero-order valence-electron chi connectivity index (χ0n) is 29.3. The molecule has 0 aliphatic heterocycles. The summed E-state index contributed by atoms with van der Waals surface area (Å²) in [5.74, 6) is 0.697. The molecule has 0 N–H and O–H groups in total. The summed E-state index contributed by atoms with van der Waals surface area (Å²) in [6.45, 7) is 7.84. The summed E-state index contributed by atoms with van der Waals surface area (Å²) in [5, 5.41) is 8.20. The highest BCUT2D eigenvalue weighted by atomic mass is 17.2. The predicted molar refractivity (Wildman–Crippen MR) is 199 cm³/mol. The molecule has 4 aromatic rings. The molecule has 0 bridgehead atoms. The molecular weight excluding hydrogens is 680 g/mol. The molecule has 0 aliphatic rings. The van der Waals surface area contributed by atoms with Crippen molar-refractivity contribution >= 4 is 30.3 Å². The Morgan fingerprint density at radius 3 is 1.94 bits per heavy atom. The van der Waals surface area contributed by atoms with E-state index in [1.54, 1.807) is 103 Å². The maximum absolute atomic E-state index is 12.8. The second-order valence-corrected chi connectivity index (χ2v) is 11.1. The van der Waals surface area contributed by atoms with Crippen LogP contribution < -0.4 is 23.8 Å². The van der Waals surface area contributed by atoms with Crippen molar-refractivity contribution in [3.8, 4) is 28.7 Å². The van der Waals surface area contributed by atoms with E-state index in [0.717, 1.165) is 49.0 Å². The first-order valence-corrected chi connectivity index (χ1v) is 16.7. The fourth-order valence-electron chi connectivity index (χ4n) is 4.46. The molecule has 0 radical (unpaired) electrons. The highest BCUT2D eigenvalue weighted by Gasteiger charge is 2.13. The number of nitrogens with zero attached hydrogens (tertiary/aromatic N) is 2. The van der Waals surface area contributed by atoms with Gasteiger partial charge < -0.3 is 28.6 Å². The van der Waals surface area contributed by atoms with Crippen LogP contribution in [-0.2, 0) is 25.8 Å². The third kappa shape index (κ3) is 14.0. The van der Waals surface area contributed by atoms with Gasteiger partial charge in [0.05, 0.1) is 38.3 Å². The molecule has 53 heavy (non-hydrogen) atoms. The Morgan fingerprint density at radius 2 is 1.26 bits per heavy atom. The van der Waals surface area contributed by atoms with Gasteiger partial charge in [-0.2, -0.15) is 15.1 Å². The van der Waals surface area contributed by atoms with Gasteiger partial charge in [0, 0.05) is 12.2 Å². The Morgan fingerprint density at radius 1 is 0.642 bits per heavy atom. The van der Waals surface area contributed by atoms with Gasteiger partial charge in [-0.05, 0) is 121 Å². The minimum absolute atomic E-state index is 0.190. The van der Waals surface area contributed by atoms with E-state index < -0.39 is 17.9 Å². The summed E-state index contributed by atoms with van der Waals surface area (Å²) in [6, 6.07) is 25.6. The van der Waals surface area contributed by atoms with Crippen molar-refractivity contribution in [3.63, 3.8) is 0 Å². The van der Waals surface area contributed by atoms with E-state index in [0.29, 0.717) is 47.3 Å². The van der Waals surface area contributed by atoms with E-state index in [4.69, 9.17) is 33.5 Å². The second kappa shape index (κ2) is 21.6. The van der Waals surface area contributed by atoms with E-state index >= 15 is 0 Å². The number of esters is 3. The van der Waals surface area contributed by atoms with E-state index in [2.05, 4.69) is 23.4 Å². The summed E-state index contributed by atoms with van der Waals surface area (Å²) in [4.78, 5) is 45.8. The number of unbranched alkanes of at least 4 members (excludes halogenated alkanes) is 3. The Labute approximate surface area is 307 Å². The average Bonchev–Trinajstić information content (AvgIpc) is 3.19. The van der Waals surface area contributed by atoms with Crippen molar-refractivity contribution in [2.24, 2.45) is 10.2 Å². The normalized spacial score (nSPS) is 10.8. The molecule has 0 saturated heterocycles. The van der Waals surface area contributed by atoms with Crippen molar-refractivity contribution in [2.75, 3.05) is 20.3 Å². The van der Waals surface area contributed by atoms with Gasteiger partial charge in [-0.1, -0.05) is 25.3 Å². The van der Waals surface area contributed by atoms with Gasteiger partial charge in [0.2, 0.25) is 0 Å². The molecule has 0 heterocycles. The van der Waals surface area contributed by atoms with Gasteiger partial charge in [-0.25, -0.2) is 14.4 Å². The van der Waals surface area contributed by atoms with E-state index in [1.165, 1.54) is 7.11 Å². The van der Waals surface area contributed by atoms with Crippen molar-refractivity contribution in [1.29, 1.82) is 0 Å². The van der Waals surface area contributed by atoms with Crippen LogP contribution in [0.25, 0.3) is 0 Å². The molecule has 0 saturated carbocycles. The van der Waals surface area contributed by atoms with Crippen LogP contribution in [0.1, 0.15) is 52.7 Å². The first-order chi connectivity index (χ1) is 25.9. The Bertz CT molecular complexity index is 1870. The molecule has 0 aliphatic carbocycles. The van der Waals surface area contributed by atoms with Crippen molar-refractivity contribution in [2.45, 2.75) is 32.3 Å². The first-order valence-electron chi connectivity index (χ1n) is 16.7. The van der Waals surface area contributed by atoms with Gasteiger partial charge >= 0.3 is 17.9 Å². The van der Waals surface area contributed by atoms with Crippen LogP contribution in [0.4, 0.5) is 0 Å². The lowest BCUT2D eigenvalue weighted by atomic mass is 10.2. The Hall–Kier alpha value is -6.53. The summed E-state index contributed by atoms with van der Waals surface area (Å²) in [6.07, 6.45) is 8.89. The lowest BCUT2D eigenvalue weighted by Gasteiger charge is -2.10. The standard InChI is InChI=1S/C41H40N2O10/c1-4-39(44)49-25-9-7-6-8-24-48-34-21-15-33(16-22-34)41(46)52-37-23-14-32(26-38(37)47-3)28-43-42-27-30-10-19-36(20-11-30)53-50-29-31-12-17-35(18-13-31)51-40(45)5-2/h4-5,10-23,26-28H,1-2,6-9,24-25,29H2,3H3. The van der Waals surface area contributed by atoms with Gasteiger partial charge in [-0.15, -0.1) is 0 Å². The number of rotatable bonds is 21. The second-order valence-electron chi connectivity index (χ2n) is 11.1. The first kappa shape index (κ1) is 39.3. The molecule has 0 atom stereocenters. The van der Waals surface area contributed by atoms with Crippen LogP contribution in [-0.4, -0.2) is 50.7 Å². The summed E-state index contributed by atoms with van der Waals surface area (Å²) in [5.41, 5.74) is 2.66. The number of ether oxygens (including phenoxy) is 5. The molecule has 4 rings (SSSR count). The number of benzene rings is 4. The molecule has 12 heteroatoms. The maximum atomic E-state index is 12.8. The molecule has 274 valence electrons. The average molecular weight is 721 g/mol. The highest BCUT2D eigenvalue weighted by Crippen LogP contribution is 2.29. The smallest absolute Gasteiger partial charge is 0.343 e. The van der Waals surface area contributed by atoms with Gasteiger partial charge in [-0.3, -0.25) is 0 Å². The summed E-state index contributed by atoms with van der Waals surface area (Å²) < 4.78 is 26.8. The SMILES string of the molecule is C=CC(=O)OCCCCCCOc1ccc(C(=O)Oc2ccc(C=NN=Cc3ccc(OOCc4ccc(OC(=O)C=C)cc4)cc3)cc2OC)cc1. The van der Waals surface area contributed by atoms with Crippen LogP contribution in [0.5, 0.6) is 28.7 Å². The summed E-state index contributed by atoms with van der Waals surface area (Å²) in [7, 11) is 1.48. The van der Waals surface area contributed by atoms with Crippen LogP contribution in [0, 0.1) is 0 Å². The zero-order chi connectivity index (χ0) is 37.7. The highest BCUT2D eigenvalue weighted by molar-refractivity contribution is 5.92. The number of hydrogen-bond acceptors (Lipinski definition) is 12. The van der Waals surface area contributed by atoms with Gasteiger partial charge in [0.15, 0.2) is 17.2 Å². The number of methoxy groups -OCH3 is 1. The number of carbonyl (C=O) groups excluding carboxylic acids is 3. The van der Waals surface area contributed by atoms with Crippen LogP contribution in [0.3, 0.4) is 0 Å². The van der Waals surface area contributed by atoms with Gasteiger partial charge in [0.1, 0.15) is 18.1 Å². The Balaban J connectivity index is 1.17. The zero-order valence-corrected chi connectivity index (χ0v) is 29.3. The van der Waals surface area contributed by atoms with E-state index in [-0.39, 0.29) is 12.4 Å². The van der Waals surface area contributed by atoms with Crippen LogP contribution >= 0.6 is 0 Å². The Kier molecular flexibility index (Phi) is 16.0. The monoisotopic (exact) mass is 720 g/mol. The largest absolute Gasteiger partial charge is 0.494 e. The molecule has 0 spiro atoms. The topological polar surface area (TPSA) is 141 Å². The van der Waals surface area contributed by atoms with Crippen molar-refractivity contribution in [3.05, 3.63) is 139 Å². The minimum atomic E-state index is -0.541. The van der Waals surface area contributed by atoms with Crippen LogP contribution in [0.15, 0.2) is 127 Å². The molecule has 0 unspecified atom stereocenters. The maximum Gasteiger partial charge on any atom is 0.343 e. The predicted octanol–water partition coefficient (Wildman–Crippen LogP) is 7.64. The molecule has 4 aromatic carbocycles. The minimum Gasteiger partial charge on any atom is -0.494 e. The third-order valence-corrected chi connectivity index (χ3v) is 7.25. The lowest BCUT2D eigenvalue weighted by Crippen LogP contribution is -2.09. The molecular formula is C41H40N2O10.